The average Bonchev–Trinajstić information content (AvgIpc) is 2.78. The van der Waals surface area contributed by atoms with Crippen molar-refractivity contribution >= 4 is 38.3 Å². The van der Waals surface area contributed by atoms with E-state index in [1.807, 2.05) is 0 Å². The molecule has 2 fully saturated rings. The number of hydrogen-bond donors (Lipinski definition) is 2. The monoisotopic (exact) mass is 337 g/mol. The van der Waals surface area contributed by atoms with Crippen molar-refractivity contribution in [3.05, 3.63) is 0 Å². The molecule has 1 aliphatic carbocycles. The molecule has 0 aromatic carbocycles. The first kappa shape index (κ1) is 14.1. The Morgan fingerprint density at radius 3 is 2.65 bits per heavy atom. The number of carbonyl (C=O) groups excluding carboxylic acids is 1. The van der Waals surface area contributed by atoms with Crippen LogP contribution in [0.5, 0.6) is 0 Å². The van der Waals surface area contributed by atoms with E-state index in [1.54, 1.807) is 6.92 Å². The fraction of sp³-hybridized carbons (Fsp3) is 0.909. The molecule has 1 heterocycles. The Hall–Kier alpha value is 0.688. The van der Waals surface area contributed by atoms with Crippen LogP contribution >= 0.6 is 20.0 Å². The Morgan fingerprint density at radius 2 is 2.12 bits per heavy atom. The maximum atomic E-state index is 11.0. The standard InChI is InChI=1S/C11H20AsNO2S2/c1-8(15)13-10-4-2-9(3-5-10)12-16-7-11(6-14)17-12/h9-11,14H,2-7H2,1H3,(H,13,15). The first-order valence-electron chi connectivity index (χ1n) is 6.16. The third-order valence-corrected chi connectivity index (χ3v) is 19.2. The predicted molar refractivity (Wildman–Crippen MR) is 76.5 cm³/mol. The molecule has 6 heteroatoms. The van der Waals surface area contributed by atoms with Gasteiger partial charge in [0.05, 0.1) is 0 Å². The molecule has 17 heavy (non-hydrogen) atoms. The Kier molecular flexibility index (Phi) is 5.59. The van der Waals surface area contributed by atoms with Gasteiger partial charge in [-0.3, -0.25) is 0 Å². The Bertz CT molecular complexity index is 272. The van der Waals surface area contributed by atoms with Crippen LogP contribution in [0.25, 0.3) is 0 Å². The van der Waals surface area contributed by atoms with E-state index in [1.165, 1.54) is 12.8 Å². The number of amides is 1. The molecule has 98 valence electrons. The molecule has 0 spiro atoms. The van der Waals surface area contributed by atoms with Gasteiger partial charge in [-0.05, 0) is 0 Å². The summed E-state index contributed by atoms with van der Waals surface area (Å²) in [6.07, 6.45) is 4.87. The molecule has 3 nitrogen and oxygen atoms in total. The molecule has 2 aliphatic rings. The van der Waals surface area contributed by atoms with Gasteiger partial charge in [0, 0.05) is 0 Å². The predicted octanol–water partition coefficient (Wildman–Crippen LogP) is 1.76. The molecule has 2 N–H and O–H groups in total. The Labute approximate surface area is 114 Å². The molecule has 1 amide bonds. The zero-order valence-electron chi connectivity index (χ0n) is 10.1. The molecule has 1 saturated carbocycles. The maximum absolute atomic E-state index is 11.0. The first-order valence-corrected chi connectivity index (χ1v) is 13.6. The minimum absolute atomic E-state index is 0.108. The van der Waals surface area contributed by atoms with Gasteiger partial charge in [-0.2, -0.15) is 0 Å². The van der Waals surface area contributed by atoms with Gasteiger partial charge in [-0.25, -0.2) is 0 Å². The van der Waals surface area contributed by atoms with Crippen molar-refractivity contribution in [2.75, 3.05) is 12.4 Å². The zero-order chi connectivity index (χ0) is 12.3. The summed E-state index contributed by atoms with van der Waals surface area (Å²) in [7, 11) is 4.26. The Balaban J connectivity index is 1.74. The van der Waals surface area contributed by atoms with Crippen molar-refractivity contribution in [2.45, 2.75) is 48.6 Å². The molecule has 1 saturated heterocycles. The summed E-state index contributed by atoms with van der Waals surface area (Å²) in [5, 5.41) is 12.7. The van der Waals surface area contributed by atoms with E-state index in [2.05, 4.69) is 25.4 Å². The van der Waals surface area contributed by atoms with Gasteiger partial charge >= 0.3 is 114 Å². The van der Waals surface area contributed by atoms with Crippen molar-refractivity contribution in [1.29, 1.82) is 0 Å². The minimum atomic E-state index is -0.811. The van der Waals surface area contributed by atoms with E-state index in [4.69, 9.17) is 5.11 Å². The molecule has 1 aliphatic heterocycles. The molecule has 0 bridgehead atoms. The SMILES string of the molecule is CC(=O)NC1CCC([As]2SCC(CO)S2)CC1. The van der Waals surface area contributed by atoms with Crippen LogP contribution in [0.3, 0.4) is 0 Å². The van der Waals surface area contributed by atoms with E-state index >= 15 is 0 Å². The van der Waals surface area contributed by atoms with Crippen LogP contribution in [0.2, 0.25) is 4.71 Å². The Morgan fingerprint density at radius 1 is 1.41 bits per heavy atom. The fourth-order valence-electron chi connectivity index (χ4n) is 2.36. The fourth-order valence-corrected chi connectivity index (χ4v) is 20.5. The van der Waals surface area contributed by atoms with Crippen LogP contribution < -0.4 is 5.32 Å². The molecule has 0 aromatic rings. The van der Waals surface area contributed by atoms with Crippen molar-refractivity contribution in [1.82, 2.24) is 5.32 Å². The van der Waals surface area contributed by atoms with Crippen LogP contribution in [-0.2, 0) is 4.79 Å². The van der Waals surface area contributed by atoms with E-state index in [-0.39, 0.29) is 5.91 Å². The van der Waals surface area contributed by atoms with E-state index in [9.17, 15) is 4.79 Å². The van der Waals surface area contributed by atoms with E-state index in [0.29, 0.717) is 17.9 Å². The van der Waals surface area contributed by atoms with Crippen LogP contribution in [0.1, 0.15) is 32.6 Å². The summed E-state index contributed by atoms with van der Waals surface area (Å²) in [5.41, 5.74) is 0. The summed E-state index contributed by atoms with van der Waals surface area (Å²) in [4.78, 5) is 11.0. The second-order valence-corrected chi connectivity index (χ2v) is 17.1. The topological polar surface area (TPSA) is 49.3 Å². The van der Waals surface area contributed by atoms with Gasteiger partial charge in [0.2, 0.25) is 0 Å². The van der Waals surface area contributed by atoms with Crippen molar-refractivity contribution < 1.29 is 9.90 Å². The summed E-state index contributed by atoms with van der Waals surface area (Å²) < 4.78 is 0.916. The van der Waals surface area contributed by atoms with Gasteiger partial charge < -0.3 is 0 Å². The summed E-state index contributed by atoms with van der Waals surface area (Å²) >= 11 is -0.811. The first-order chi connectivity index (χ1) is 8.19. The number of aliphatic hydroxyl groups excluding tert-OH is 1. The van der Waals surface area contributed by atoms with Crippen molar-refractivity contribution in [3.63, 3.8) is 0 Å². The normalized spacial score (nSPS) is 38.0. The number of nitrogens with one attached hydrogen (secondary N) is 1. The van der Waals surface area contributed by atoms with Crippen molar-refractivity contribution in [2.24, 2.45) is 0 Å². The second kappa shape index (κ2) is 6.74. The molecule has 2 rings (SSSR count). The zero-order valence-corrected chi connectivity index (χ0v) is 13.6. The molecule has 2 unspecified atom stereocenters. The summed E-state index contributed by atoms with van der Waals surface area (Å²) in [5.74, 6) is 1.27. The van der Waals surface area contributed by atoms with Crippen LogP contribution in [0.4, 0.5) is 0 Å². The van der Waals surface area contributed by atoms with Gasteiger partial charge in [0.1, 0.15) is 0 Å². The van der Waals surface area contributed by atoms with Gasteiger partial charge in [-0.15, -0.1) is 0 Å². The van der Waals surface area contributed by atoms with Gasteiger partial charge in [0.15, 0.2) is 0 Å². The third kappa shape index (κ3) is 4.09. The van der Waals surface area contributed by atoms with E-state index < -0.39 is 12.3 Å². The molecule has 0 aromatic heterocycles. The average molecular weight is 337 g/mol. The molecular weight excluding hydrogens is 317 g/mol. The van der Waals surface area contributed by atoms with Gasteiger partial charge in [-0.1, -0.05) is 0 Å². The number of rotatable bonds is 3. The summed E-state index contributed by atoms with van der Waals surface area (Å²) in [6.45, 7) is 1.96. The second-order valence-electron chi connectivity index (χ2n) is 4.70. The van der Waals surface area contributed by atoms with Gasteiger partial charge in [0.25, 0.3) is 0 Å². The quantitative estimate of drug-likeness (QED) is 0.771. The molecular formula is C11H20AsNO2S2. The van der Waals surface area contributed by atoms with E-state index in [0.717, 1.165) is 23.3 Å². The number of aliphatic hydroxyl groups is 1. The molecule has 2 atom stereocenters. The third-order valence-electron chi connectivity index (χ3n) is 3.25. The number of hydrogen-bond acceptors (Lipinski definition) is 4. The van der Waals surface area contributed by atoms with Crippen LogP contribution in [0.15, 0.2) is 0 Å². The number of carbonyl (C=O) groups is 1. The molecule has 0 radical (unpaired) electrons. The van der Waals surface area contributed by atoms with Crippen LogP contribution in [-0.4, -0.2) is 47.0 Å². The van der Waals surface area contributed by atoms with Crippen molar-refractivity contribution in [3.8, 4) is 0 Å². The van der Waals surface area contributed by atoms with Crippen LogP contribution in [0, 0.1) is 0 Å². The summed E-state index contributed by atoms with van der Waals surface area (Å²) in [6, 6.07) is 0.420.